The lowest BCUT2D eigenvalue weighted by Crippen LogP contribution is -1.89. The Balaban J connectivity index is 2.14. The number of phenols is 1. The van der Waals surface area contributed by atoms with E-state index < -0.39 is 4.92 Å². The Morgan fingerprint density at radius 3 is 2.46 bits per heavy atom. The second-order valence-corrected chi connectivity index (χ2v) is 5.19. The number of hydrogen-bond acceptors (Lipinski definition) is 4. The highest BCUT2D eigenvalue weighted by Crippen LogP contribution is 2.31. The van der Waals surface area contributed by atoms with Crippen molar-refractivity contribution in [3.05, 3.63) is 81.9 Å². The summed E-state index contributed by atoms with van der Waals surface area (Å²) in [6, 6.07) is 18.8. The number of nitriles is 1. The molecule has 0 heterocycles. The lowest BCUT2D eigenvalue weighted by Gasteiger charge is -2.06. The maximum absolute atomic E-state index is 10.7. The van der Waals surface area contributed by atoms with Crippen LogP contribution in [0.5, 0.6) is 5.75 Å². The third-order valence-electron chi connectivity index (χ3n) is 3.75. The third-order valence-corrected chi connectivity index (χ3v) is 3.75. The Bertz CT molecular complexity index is 999. The van der Waals surface area contributed by atoms with E-state index in [-0.39, 0.29) is 11.4 Å². The number of benzene rings is 3. The second kappa shape index (κ2) is 6.23. The summed E-state index contributed by atoms with van der Waals surface area (Å²) in [6.45, 7) is 0. The highest BCUT2D eigenvalue weighted by atomic mass is 16.6. The summed E-state index contributed by atoms with van der Waals surface area (Å²) in [5.41, 5.74) is 1.37. The normalized spacial score (nSPS) is 11.2. The van der Waals surface area contributed by atoms with Crippen molar-refractivity contribution in [3.63, 3.8) is 0 Å². The van der Waals surface area contributed by atoms with E-state index in [0.29, 0.717) is 16.7 Å². The number of non-ortho nitro benzene ring substituents is 1. The van der Waals surface area contributed by atoms with Gasteiger partial charge in [0.15, 0.2) is 0 Å². The molecule has 0 radical (unpaired) electrons. The van der Waals surface area contributed by atoms with Gasteiger partial charge in [-0.1, -0.05) is 30.3 Å². The van der Waals surface area contributed by atoms with Crippen LogP contribution in [0.3, 0.4) is 0 Å². The highest BCUT2D eigenvalue weighted by Gasteiger charge is 2.10. The van der Waals surface area contributed by atoms with E-state index in [2.05, 4.69) is 6.07 Å². The molecule has 3 aromatic carbocycles. The first-order valence-electron chi connectivity index (χ1n) is 7.17. The summed E-state index contributed by atoms with van der Waals surface area (Å²) < 4.78 is 0. The number of nitro benzene ring substituents is 1. The largest absolute Gasteiger partial charge is 0.507 e. The molecule has 0 amide bonds. The summed E-state index contributed by atoms with van der Waals surface area (Å²) in [5.74, 6) is 0.0726. The molecule has 0 spiro atoms. The molecule has 0 saturated carbocycles. The van der Waals surface area contributed by atoms with Crippen molar-refractivity contribution in [2.24, 2.45) is 0 Å². The predicted molar refractivity (Wildman–Crippen MR) is 92.2 cm³/mol. The number of rotatable bonds is 3. The van der Waals surface area contributed by atoms with Gasteiger partial charge in [0, 0.05) is 17.7 Å². The summed E-state index contributed by atoms with van der Waals surface area (Å²) in [4.78, 5) is 10.2. The van der Waals surface area contributed by atoms with Crippen LogP contribution in [0.1, 0.15) is 11.1 Å². The van der Waals surface area contributed by atoms with Gasteiger partial charge in [0.2, 0.25) is 0 Å². The van der Waals surface area contributed by atoms with Gasteiger partial charge >= 0.3 is 0 Å². The van der Waals surface area contributed by atoms with E-state index in [9.17, 15) is 20.5 Å². The molecule has 0 aliphatic rings. The molecule has 0 aromatic heterocycles. The van der Waals surface area contributed by atoms with Crippen LogP contribution in [0.15, 0.2) is 60.7 Å². The SMILES string of the molecule is N#CC(=Cc1c(O)ccc2ccccc12)c1ccc([N+](=O)[O-])cc1. The minimum atomic E-state index is -0.490. The molecule has 0 atom stereocenters. The standard InChI is InChI=1S/C19H12N2O3/c20-12-15(13-5-8-16(9-6-13)21(23)24)11-18-17-4-2-1-3-14(17)7-10-19(18)22/h1-11,22H. The Morgan fingerprint density at radius 1 is 1.08 bits per heavy atom. The first-order valence-corrected chi connectivity index (χ1v) is 7.17. The quantitative estimate of drug-likeness (QED) is 0.333. The Morgan fingerprint density at radius 2 is 1.79 bits per heavy atom. The topological polar surface area (TPSA) is 87.2 Å². The lowest BCUT2D eigenvalue weighted by atomic mass is 9.98. The van der Waals surface area contributed by atoms with Crippen LogP contribution in [-0.2, 0) is 0 Å². The van der Waals surface area contributed by atoms with Gasteiger partial charge in [0.25, 0.3) is 5.69 Å². The number of fused-ring (bicyclic) bond motifs is 1. The van der Waals surface area contributed by atoms with E-state index in [0.717, 1.165) is 10.8 Å². The molecule has 24 heavy (non-hydrogen) atoms. The lowest BCUT2D eigenvalue weighted by molar-refractivity contribution is -0.384. The van der Waals surface area contributed by atoms with Gasteiger partial charge in [-0.25, -0.2) is 0 Å². The molecule has 5 heteroatoms. The predicted octanol–water partition coefficient (Wildman–Crippen LogP) is 4.52. The van der Waals surface area contributed by atoms with Crippen LogP contribution in [0.4, 0.5) is 5.69 Å². The summed E-state index contributed by atoms with van der Waals surface area (Å²) in [5, 5.41) is 32.1. The van der Waals surface area contributed by atoms with Crippen LogP contribution in [0.2, 0.25) is 0 Å². The van der Waals surface area contributed by atoms with Crippen molar-refractivity contribution in [1.82, 2.24) is 0 Å². The van der Waals surface area contributed by atoms with Gasteiger partial charge in [-0.3, -0.25) is 10.1 Å². The van der Waals surface area contributed by atoms with Gasteiger partial charge in [-0.15, -0.1) is 0 Å². The fourth-order valence-corrected chi connectivity index (χ4v) is 2.52. The van der Waals surface area contributed by atoms with E-state index >= 15 is 0 Å². The van der Waals surface area contributed by atoms with Gasteiger partial charge in [-0.05, 0) is 40.6 Å². The van der Waals surface area contributed by atoms with Gasteiger partial charge in [-0.2, -0.15) is 5.26 Å². The second-order valence-electron chi connectivity index (χ2n) is 5.19. The fourth-order valence-electron chi connectivity index (χ4n) is 2.52. The number of nitro groups is 1. The monoisotopic (exact) mass is 316 g/mol. The number of nitrogens with zero attached hydrogens (tertiary/aromatic N) is 2. The van der Waals surface area contributed by atoms with Crippen molar-refractivity contribution in [2.45, 2.75) is 0 Å². The molecular weight excluding hydrogens is 304 g/mol. The van der Waals surface area contributed by atoms with Crippen LogP contribution >= 0.6 is 0 Å². The first kappa shape index (κ1) is 15.3. The fraction of sp³-hybridized carbons (Fsp3) is 0. The molecular formula is C19H12N2O3. The third kappa shape index (κ3) is 2.81. The molecule has 116 valence electrons. The maximum Gasteiger partial charge on any atom is 0.269 e. The zero-order chi connectivity index (χ0) is 17.1. The van der Waals surface area contributed by atoms with E-state index in [4.69, 9.17) is 0 Å². The highest BCUT2D eigenvalue weighted by molar-refractivity contribution is 6.00. The summed E-state index contributed by atoms with van der Waals surface area (Å²) in [7, 11) is 0. The van der Waals surface area contributed by atoms with Crippen molar-refractivity contribution in [3.8, 4) is 11.8 Å². The Labute approximate surface area is 137 Å². The van der Waals surface area contributed by atoms with Crippen molar-refractivity contribution >= 4 is 28.1 Å². The molecule has 3 aromatic rings. The Hall–Kier alpha value is -3.65. The minimum Gasteiger partial charge on any atom is -0.507 e. The average Bonchev–Trinajstić information content (AvgIpc) is 2.61. The number of allylic oxidation sites excluding steroid dienone is 1. The summed E-state index contributed by atoms with van der Waals surface area (Å²) in [6.07, 6.45) is 1.60. The van der Waals surface area contributed by atoms with Crippen LogP contribution in [0, 0.1) is 21.4 Å². The van der Waals surface area contributed by atoms with E-state index in [1.54, 1.807) is 18.2 Å². The van der Waals surface area contributed by atoms with E-state index in [1.807, 2.05) is 24.3 Å². The van der Waals surface area contributed by atoms with Crippen LogP contribution in [0.25, 0.3) is 22.4 Å². The maximum atomic E-state index is 10.7. The number of aromatic hydroxyl groups is 1. The number of phenolic OH excluding ortho intramolecular Hbond substituents is 1. The van der Waals surface area contributed by atoms with Gasteiger partial charge < -0.3 is 5.11 Å². The minimum absolute atomic E-state index is 0.0379. The van der Waals surface area contributed by atoms with E-state index in [1.165, 1.54) is 24.3 Å². The molecule has 0 saturated heterocycles. The number of hydrogen-bond donors (Lipinski definition) is 1. The van der Waals surface area contributed by atoms with Crippen LogP contribution in [-0.4, -0.2) is 10.0 Å². The molecule has 0 aliphatic heterocycles. The molecule has 0 bridgehead atoms. The van der Waals surface area contributed by atoms with Crippen LogP contribution < -0.4 is 0 Å². The zero-order valence-corrected chi connectivity index (χ0v) is 12.5. The molecule has 0 unspecified atom stereocenters. The Kier molecular flexibility index (Phi) is 3.96. The first-order chi connectivity index (χ1) is 11.6. The van der Waals surface area contributed by atoms with Gasteiger partial charge in [0.1, 0.15) is 5.75 Å². The molecule has 5 nitrogen and oxygen atoms in total. The molecule has 0 aliphatic carbocycles. The summed E-state index contributed by atoms with van der Waals surface area (Å²) >= 11 is 0. The van der Waals surface area contributed by atoms with Crippen molar-refractivity contribution in [1.29, 1.82) is 5.26 Å². The molecule has 3 rings (SSSR count). The average molecular weight is 316 g/mol. The van der Waals surface area contributed by atoms with Crippen molar-refractivity contribution < 1.29 is 10.0 Å². The molecule has 1 N–H and O–H groups in total. The van der Waals surface area contributed by atoms with Gasteiger partial charge in [0.05, 0.1) is 16.6 Å². The molecule has 0 fully saturated rings. The van der Waals surface area contributed by atoms with Crippen molar-refractivity contribution in [2.75, 3.05) is 0 Å². The zero-order valence-electron chi connectivity index (χ0n) is 12.5. The smallest absolute Gasteiger partial charge is 0.269 e.